The normalized spacial score (nSPS) is 20.7. The van der Waals surface area contributed by atoms with Crippen LogP contribution in [0.25, 0.3) is 10.9 Å². The van der Waals surface area contributed by atoms with Crippen molar-refractivity contribution in [3.05, 3.63) is 30.1 Å². The lowest BCUT2D eigenvalue weighted by molar-refractivity contribution is 0.191. The summed E-state index contributed by atoms with van der Waals surface area (Å²) in [6, 6.07) is 8.68. The Morgan fingerprint density at radius 2 is 2.00 bits per heavy atom. The van der Waals surface area contributed by atoms with Crippen molar-refractivity contribution in [2.45, 2.75) is 37.8 Å². The first-order chi connectivity index (χ1) is 11.8. The van der Waals surface area contributed by atoms with E-state index in [-0.39, 0.29) is 0 Å². The van der Waals surface area contributed by atoms with Crippen molar-refractivity contribution in [1.82, 2.24) is 15.3 Å². The first-order valence-electron chi connectivity index (χ1n) is 8.44. The zero-order valence-electron chi connectivity index (χ0n) is 14.0. The number of ether oxygens (including phenoxy) is 1. The highest BCUT2D eigenvalue weighted by molar-refractivity contribution is 5.89. The molecule has 0 radical (unpaired) electrons. The molecule has 2 aromatic rings. The average Bonchev–Trinajstić information content (AvgIpc) is 2.63. The van der Waals surface area contributed by atoms with Crippen molar-refractivity contribution in [3.8, 4) is 6.07 Å². The monoisotopic (exact) mass is 325 g/mol. The fraction of sp³-hybridized carbons (Fsp3) is 0.500. The van der Waals surface area contributed by atoms with Crippen LogP contribution in [0.4, 0.5) is 5.82 Å². The van der Waals surface area contributed by atoms with Crippen LogP contribution in [0.15, 0.2) is 24.5 Å². The van der Waals surface area contributed by atoms with Gasteiger partial charge in [-0.15, -0.1) is 0 Å². The summed E-state index contributed by atoms with van der Waals surface area (Å²) in [5, 5.41) is 17.1. The Morgan fingerprint density at radius 1 is 1.21 bits per heavy atom. The lowest BCUT2D eigenvalue weighted by Crippen LogP contribution is -2.38. The number of methoxy groups -OCH3 is 1. The van der Waals surface area contributed by atoms with Gasteiger partial charge in [-0.25, -0.2) is 9.97 Å². The summed E-state index contributed by atoms with van der Waals surface area (Å²) in [6.45, 7) is 1.67. The Balaban J connectivity index is 1.63. The van der Waals surface area contributed by atoms with Crippen LogP contribution in [0, 0.1) is 11.3 Å². The summed E-state index contributed by atoms with van der Waals surface area (Å²) >= 11 is 0. The van der Waals surface area contributed by atoms with E-state index in [1.54, 1.807) is 19.5 Å². The van der Waals surface area contributed by atoms with Gasteiger partial charge in [0, 0.05) is 31.1 Å². The minimum atomic E-state index is 0.411. The number of aromatic nitrogens is 2. The third-order valence-electron chi connectivity index (χ3n) is 4.57. The Kier molecular flexibility index (Phi) is 5.57. The Bertz CT molecular complexity index is 719. The van der Waals surface area contributed by atoms with Crippen LogP contribution in [0.3, 0.4) is 0 Å². The molecule has 6 heteroatoms. The molecule has 1 aromatic heterocycles. The van der Waals surface area contributed by atoms with Gasteiger partial charge in [-0.3, -0.25) is 0 Å². The number of nitriles is 1. The number of benzene rings is 1. The van der Waals surface area contributed by atoms with Gasteiger partial charge in [-0.2, -0.15) is 5.26 Å². The fourth-order valence-electron chi connectivity index (χ4n) is 3.24. The molecule has 0 atom stereocenters. The highest BCUT2D eigenvalue weighted by atomic mass is 16.5. The molecule has 1 aliphatic carbocycles. The second-order valence-electron chi connectivity index (χ2n) is 6.21. The van der Waals surface area contributed by atoms with E-state index in [9.17, 15) is 0 Å². The van der Waals surface area contributed by atoms with Crippen molar-refractivity contribution < 1.29 is 4.74 Å². The zero-order chi connectivity index (χ0) is 16.8. The molecule has 0 spiro atoms. The number of nitrogens with one attached hydrogen (secondary N) is 2. The van der Waals surface area contributed by atoms with Crippen LogP contribution in [-0.2, 0) is 4.74 Å². The topological polar surface area (TPSA) is 82.9 Å². The van der Waals surface area contributed by atoms with E-state index in [2.05, 4.69) is 26.7 Å². The van der Waals surface area contributed by atoms with Gasteiger partial charge in [0.1, 0.15) is 12.1 Å². The zero-order valence-corrected chi connectivity index (χ0v) is 14.0. The van der Waals surface area contributed by atoms with Crippen molar-refractivity contribution in [1.29, 1.82) is 5.26 Å². The molecular formula is C18H23N5O. The van der Waals surface area contributed by atoms with E-state index in [4.69, 9.17) is 10.00 Å². The molecule has 3 rings (SSSR count). The van der Waals surface area contributed by atoms with Gasteiger partial charge in [0.05, 0.1) is 23.8 Å². The summed E-state index contributed by atoms with van der Waals surface area (Å²) in [7, 11) is 1.73. The van der Waals surface area contributed by atoms with Crippen molar-refractivity contribution in [3.63, 3.8) is 0 Å². The molecule has 0 unspecified atom stereocenters. The predicted octanol–water partition coefficient (Wildman–Crippen LogP) is 2.46. The summed E-state index contributed by atoms with van der Waals surface area (Å²) in [5.74, 6) is 0.827. The van der Waals surface area contributed by atoms with E-state index in [0.29, 0.717) is 17.6 Å². The summed E-state index contributed by atoms with van der Waals surface area (Å²) < 4.78 is 5.08. The predicted molar refractivity (Wildman–Crippen MR) is 93.8 cm³/mol. The van der Waals surface area contributed by atoms with Crippen molar-refractivity contribution >= 4 is 16.7 Å². The number of nitrogens with zero attached hydrogens (tertiary/aromatic N) is 3. The maximum atomic E-state index is 9.10. The van der Waals surface area contributed by atoms with E-state index in [1.165, 1.54) is 0 Å². The van der Waals surface area contributed by atoms with Crippen LogP contribution in [0.5, 0.6) is 0 Å². The molecule has 1 aliphatic rings. The SMILES string of the molecule is COCCNC1CCC(Nc2ncnc3ccc(C#N)cc23)CC1. The third kappa shape index (κ3) is 3.99. The molecule has 0 aliphatic heterocycles. The molecule has 2 N–H and O–H groups in total. The largest absolute Gasteiger partial charge is 0.383 e. The van der Waals surface area contributed by atoms with Crippen molar-refractivity contribution in [2.24, 2.45) is 0 Å². The van der Waals surface area contributed by atoms with E-state index in [0.717, 1.165) is 55.6 Å². The highest BCUT2D eigenvalue weighted by Gasteiger charge is 2.21. The Labute approximate surface area is 142 Å². The smallest absolute Gasteiger partial charge is 0.137 e. The summed E-state index contributed by atoms with van der Waals surface area (Å²) in [6.07, 6.45) is 6.08. The second kappa shape index (κ2) is 8.04. The molecular weight excluding hydrogens is 302 g/mol. The third-order valence-corrected chi connectivity index (χ3v) is 4.57. The van der Waals surface area contributed by atoms with Crippen molar-refractivity contribution in [2.75, 3.05) is 25.6 Å². The number of hydrogen-bond donors (Lipinski definition) is 2. The van der Waals surface area contributed by atoms with Crippen LogP contribution in [-0.4, -0.2) is 42.3 Å². The molecule has 126 valence electrons. The van der Waals surface area contributed by atoms with Gasteiger partial charge < -0.3 is 15.4 Å². The summed E-state index contributed by atoms with van der Waals surface area (Å²) in [4.78, 5) is 8.67. The van der Waals surface area contributed by atoms with Gasteiger partial charge in [0.15, 0.2) is 0 Å². The van der Waals surface area contributed by atoms with Gasteiger partial charge in [0.25, 0.3) is 0 Å². The average molecular weight is 325 g/mol. The molecule has 1 heterocycles. The standard InChI is InChI=1S/C18H23N5O/c1-24-9-8-20-14-3-5-15(6-4-14)23-18-16-10-13(11-19)2-7-17(16)21-12-22-18/h2,7,10,12,14-15,20H,3-6,8-9H2,1H3,(H,21,22,23). The van der Waals surface area contributed by atoms with Crippen LogP contribution >= 0.6 is 0 Å². The molecule has 1 fully saturated rings. The molecule has 1 aromatic carbocycles. The molecule has 1 saturated carbocycles. The van der Waals surface area contributed by atoms with Crippen LogP contribution in [0.2, 0.25) is 0 Å². The first kappa shape index (κ1) is 16.6. The Morgan fingerprint density at radius 3 is 2.75 bits per heavy atom. The second-order valence-corrected chi connectivity index (χ2v) is 6.21. The minimum Gasteiger partial charge on any atom is -0.383 e. The lowest BCUT2D eigenvalue weighted by Gasteiger charge is -2.30. The van der Waals surface area contributed by atoms with E-state index < -0.39 is 0 Å². The minimum absolute atomic E-state index is 0.411. The molecule has 6 nitrogen and oxygen atoms in total. The fourth-order valence-corrected chi connectivity index (χ4v) is 3.24. The van der Waals surface area contributed by atoms with Crippen LogP contribution < -0.4 is 10.6 Å². The molecule has 0 amide bonds. The van der Waals surface area contributed by atoms with Gasteiger partial charge in [-0.1, -0.05) is 0 Å². The number of rotatable bonds is 6. The quantitative estimate of drug-likeness (QED) is 0.794. The number of fused-ring (bicyclic) bond motifs is 1. The van der Waals surface area contributed by atoms with Gasteiger partial charge in [-0.05, 0) is 43.9 Å². The van der Waals surface area contributed by atoms with Gasteiger partial charge >= 0.3 is 0 Å². The van der Waals surface area contributed by atoms with E-state index in [1.807, 2.05) is 12.1 Å². The van der Waals surface area contributed by atoms with Crippen LogP contribution in [0.1, 0.15) is 31.2 Å². The maximum Gasteiger partial charge on any atom is 0.137 e. The first-order valence-corrected chi connectivity index (χ1v) is 8.44. The Hall–Kier alpha value is -2.23. The number of hydrogen-bond acceptors (Lipinski definition) is 6. The molecule has 0 bridgehead atoms. The maximum absolute atomic E-state index is 9.10. The highest BCUT2D eigenvalue weighted by Crippen LogP contribution is 2.25. The number of anilines is 1. The lowest BCUT2D eigenvalue weighted by atomic mass is 9.91. The molecule has 0 saturated heterocycles. The summed E-state index contributed by atoms with van der Waals surface area (Å²) in [5.41, 5.74) is 1.49. The molecule has 24 heavy (non-hydrogen) atoms. The van der Waals surface area contributed by atoms with Gasteiger partial charge in [0.2, 0.25) is 0 Å². The van der Waals surface area contributed by atoms with E-state index >= 15 is 0 Å².